The van der Waals surface area contributed by atoms with Gasteiger partial charge in [0.15, 0.2) is 18.2 Å². The Bertz CT molecular complexity index is 1310. The summed E-state index contributed by atoms with van der Waals surface area (Å²) in [5, 5.41) is 7.23. The van der Waals surface area contributed by atoms with Gasteiger partial charge in [-0.05, 0) is 78.9 Å². The molecular weight excluding hydrogens is 506 g/mol. The Morgan fingerprint density at radius 3 is 2.41 bits per heavy atom. The number of carbonyl (C=O) groups is 1. The van der Waals surface area contributed by atoms with Crippen molar-refractivity contribution in [3.63, 3.8) is 0 Å². The molecule has 11 heteroatoms. The molecule has 2 amide bonds. The van der Waals surface area contributed by atoms with Gasteiger partial charge in [0.25, 0.3) is 0 Å². The standard InChI is InChI=1S/C26H39N5O4SSi/c1-26(2,3)37(5,6)31(36(27,33)22-14-28-30-15-19(34-4)16-35-24(22)30)25(32)29-23-20-11-7-9-17(20)13-18-10-8-12-21(18)23/h13-14,19,27H,7-12,15-16H2,1-6H3,(H,29,32). The molecule has 2 unspecified atom stereocenters. The molecule has 1 aromatic carbocycles. The number of benzene rings is 1. The van der Waals surface area contributed by atoms with Gasteiger partial charge in [-0.15, -0.1) is 0 Å². The second-order valence-corrected chi connectivity index (χ2v) is 19.2. The number of hydrogen-bond acceptors (Lipinski definition) is 6. The Morgan fingerprint density at radius 2 is 1.84 bits per heavy atom. The number of methoxy groups -OCH3 is 1. The van der Waals surface area contributed by atoms with Crippen molar-refractivity contribution in [3.05, 3.63) is 34.5 Å². The maximum atomic E-state index is 14.6. The maximum Gasteiger partial charge on any atom is 0.326 e. The van der Waals surface area contributed by atoms with E-state index in [0.29, 0.717) is 6.54 Å². The highest BCUT2D eigenvalue weighted by Crippen LogP contribution is 2.44. The molecule has 0 fully saturated rings. The van der Waals surface area contributed by atoms with Crippen LogP contribution in [0.5, 0.6) is 5.88 Å². The van der Waals surface area contributed by atoms with E-state index in [2.05, 4.69) is 37.3 Å². The second-order valence-electron chi connectivity index (χ2n) is 12.0. The molecule has 0 saturated heterocycles. The molecule has 1 aliphatic heterocycles. The zero-order valence-corrected chi connectivity index (χ0v) is 24.6. The van der Waals surface area contributed by atoms with E-state index < -0.39 is 24.2 Å². The van der Waals surface area contributed by atoms with Crippen LogP contribution in [0.1, 0.15) is 55.9 Å². The average molecular weight is 546 g/mol. The minimum atomic E-state index is -3.78. The topological polar surface area (TPSA) is 110 Å². The number of aromatic nitrogens is 2. The highest BCUT2D eigenvalue weighted by atomic mass is 32.2. The Labute approximate surface area is 221 Å². The highest BCUT2D eigenvalue weighted by molar-refractivity contribution is 7.92. The molecular formula is C26H39N5O4SSi. The largest absolute Gasteiger partial charge is 0.474 e. The van der Waals surface area contributed by atoms with Gasteiger partial charge in [0.05, 0.1) is 12.7 Å². The summed E-state index contributed by atoms with van der Waals surface area (Å²) >= 11 is 0. The van der Waals surface area contributed by atoms with Gasteiger partial charge in [-0.25, -0.2) is 18.5 Å². The molecule has 0 saturated carbocycles. The first-order chi connectivity index (χ1) is 17.4. The van der Waals surface area contributed by atoms with Crippen LogP contribution in [0.3, 0.4) is 0 Å². The maximum absolute atomic E-state index is 14.6. The van der Waals surface area contributed by atoms with Crippen LogP contribution in [-0.2, 0) is 46.9 Å². The van der Waals surface area contributed by atoms with Gasteiger partial charge >= 0.3 is 6.03 Å². The van der Waals surface area contributed by atoms with Gasteiger partial charge in [0.1, 0.15) is 17.6 Å². The van der Waals surface area contributed by atoms with Gasteiger partial charge in [-0.3, -0.25) is 3.97 Å². The predicted molar refractivity (Wildman–Crippen MR) is 146 cm³/mol. The van der Waals surface area contributed by atoms with Crippen molar-refractivity contribution < 1.29 is 18.5 Å². The Morgan fingerprint density at radius 1 is 1.22 bits per heavy atom. The lowest BCUT2D eigenvalue weighted by atomic mass is 9.99. The molecule has 0 spiro atoms. The average Bonchev–Trinajstić information content (AvgIpc) is 3.56. The molecule has 0 bridgehead atoms. The molecule has 2 N–H and O–H groups in total. The van der Waals surface area contributed by atoms with Crippen molar-refractivity contribution in [3.8, 4) is 5.88 Å². The number of urea groups is 1. The molecule has 0 radical (unpaired) electrons. The van der Waals surface area contributed by atoms with Crippen LogP contribution in [0, 0.1) is 4.78 Å². The van der Waals surface area contributed by atoms with Crippen LogP contribution in [0.2, 0.25) is 18.1 Å². The van der Waals surface area contributed by atoms with Crippen molar-refractivity contribution in [2.75, 3.05) is 19.0 Å². The fourth-order valence-corrected chi connectivity index (χ4v) is 11.5. The summed E-state index contributed by atoms with van der Waals surface area (Å²) in [4.78, 5) is 14.4. The molecule has 1 aromatic heterocycles. The summed E-state index contributed by atoms with van der Waals surface area (Å²) in [6, 6.07) is 1.86. The predicted octanol–water partition coefficient (Wildman–Crippen LogP) is 5.13. The molecule has 2 heterocycles. The minimum Gasteiger partial charge on any atom is -0.474 e. The van der Waals surface area contributed by atoms with E-state index >= 15 is 0 Å². The lowest BCUT2D eigenvalue weighted by Gasteiger charge is -2.45. The normalized spacial score (nSPS) is 20.4. The van der Waals surface area contributed by atoms with Crippen LogP contribution in [-0.4, -0.2) is 52.0 Å². The Kier molecular flexibility index (Phi) is 6.47. The fraction of sp³-hybridized carbons (Fsp3) is 0.615. The zero-order chi connectivity index (χ0) is 26.8. The van der Waals surface area contributed by atoms with Gasteiger partial charge in [-0.1, -0.05) is 26.8 Å². The van der Waals surface area contributed by atoms with Crippen LogP contribution in [0.4, 0.5) is 10.5 Å². The second kappa shape index (κ2) is 9.13. The Hall–Kier alpha value is -2.37. The summed E-state index contributed by atoms with van der Waals surface area (Å²) in [6.45, 7) is 10.9. The molecule has 5 rings (SSSR count). The number of nitrogens with one attached hydrogen (secondary N) is 2. The quantitative estimate of drug-likeness (QED) is 0.507. The summed E-state index contributed by atoms with van der Waals surface area (Å²) in [5.41, 5.74) is 5.93. The number of ether oxygens (including phenoxy) is 2. The molecule has 2 aromatic rings. The van der Waals surface area contributed by atoms with E-state index in [1.165, 1.54) is 32.4 Å². The van der Waals surface area contributed by atoms with E-state index in [1.54, 1.807) is 11.8 Å². The zero-order valence-electron chi connectivity index (χ0n) is 22.8. The molecule has 2 atom stereocenters. The van der Waals surface area contributed by atoms with Gasteiger partial charge < -0.3 is 14.8 Å². The number of carbonyl (C=O) groups excluding carboxylic acids is 1. The summed E-state index contributed by atoms with van der Waals surface area (Å²) in [5.74, 6) is 0.284. The number of fused-ring (bicyclic) bond motifs is 3. The van der Waals surface area contributed by atoms with Crippen molar-refractivity contribution in [2.45, 2.75) is 95.0 Å². The van der Waals surface area contributed by atoms with Crippen molar-refractivity contribution in [1.29, 1.82) is 4.78 Å². The van der Waals surface area contributed by atoms with Gasteiger partial charge in [-0.2, -0.15) is 5.10 Å². The van der Waals surface area contributed by atoms with Crippen LogP contribution < -0.4 is 10.1 Å². The fourth-order valence-electron chi connectivity index (χ4n) is 5.60. The summed E-state index contributed by atoms with van der Waals surface area (Å²) < 4.78 is 38.1. The number of hydrogen-bond donors (Lipinski definition) is 2. The monoisotopic (exact) mass is 545 g/mol. The third kappa shape index (κ3) is 4.28. The number of rotatable bonds is 5. The molecule has 2 aliphatic carbocycles. The SMILES string of the molecule is COC1COc2c(S(=N)(=O)N(C(=O)Nc3c4c(cc5c3CCC5)CCC4)[Si](C)(C)C(C)(C)C)cnn2C1. The summed E-state index contributed by atoms with van der Waals surface area (Å²) in [6.07, 6.45) is 7.30. The number of amides is 2. The lowest BCUT2D eigenvalue weighted by molar-refractivity contribution is 0.0165. The third-order valence-electron chi connectivity index (χ3n) is 8.66. The molecule has 37 heavy (non-hydrogen) atoms. The number of aryl methyl sites for hydroxylation is 2. The Balaban J connectivity index is 1.59. The third-order valence-corrected chi connectivity index (χ3v) is 17.2. The first kappa shape index (κ1) is 26.2. The van der Waals surface area contributed by atoms with E-state index in [9.17, 15) is 13.8 Å². The van der Waals surface area contributed by atoms with Crippen LogP contribution in [0.15, 0.2) is 17.2 Å². The van der Waals surface area contributed by atoms with Crippen LogP contribution in [0.25, 0.3) is 0 Å². The number of anilines is 1. The van der Waals surface area contributed by atoms with Crippen molar-refractivity contribution in [1.82, 2.24) is 13.8 Å². The highest BCUT2D eigenvalue weighted by Gasteiger charge is 2.50. The van der Waals surface area contributed by atoms with E-state index in [0.717, 1.165) is 44.2 Å². The molecule has 9 nitrogen and oxygen atoms in total. The molecule has 202 valence electrons. The first-order valence-electron chi connectivity index (χ1n) is 13.1. The smallest absolute Gasteiger partial charge is 0.326 e. The lowest BCUT2D eigenvalue weighted by Crippen LogP contribution is -2.60. The van der Waals surface area contributed by atoms with E-state index in [-0.39, 0.29) is 28.5 Å². The van der Waals surface area contributed by atoms with Gasteiger partial charge in [0, 0.05) is 12.8 Å². The van der Waals surface area contributed by atoms with Crippen molar-refractivity contribution in [2.24, 2.45) is 0 Å². The van der Waals surface area contributed by atoms with Gasteiger partial charge in [0.2, 0.25) is 5.88 Å². The van der Waals surface area contributed by atoms with E-state index in [1.807, 2.05) is 13.1 Å². The first-order valence-corrected chi connectivity index (χ1v) is 17.6. The van der Waals surface area contributed by atoms with Crippen LogP contribution >= 0.6 is 0 Å². The van der Waals surface area contributed by atoms with Crippen molar-refractivity contribution >= 4 is 29.9 Å². The summed E-state index contributed by atoms with van der Waals surface area (Å²) in [7, 11) is -4.99. The minimum absolute atomic E-state index is 0.144. The number of nitrogens with zero attached hydrogens (tertiary/aromatic N) is 3. The van der Waals surface area contributed by atoms with E-state index in [4.69, 9.17) is 9.47 Å². The molecule has 3 aliphatic rings.